The SMILES string of the molecule is CC(C)C.c1ccc(C(c2ccc(OCC3CO3)cc2)c2ccc(OCC3CO3)cc2)c(OCC2CO2)c1.c1ccc(OCC2CC2)cc1.c1ccc(OCC2CO2)cc1.c1ccc(OCC2CO2)cc1. The van der Waals surface area contributed by atoms with Crippen molar-refractivity contribution in [2.75, 3.05) is 72.7 Å². The molecule has 5 saturated heterocycles. The van der Waals surface area contributed by atoms with Crippen molar-refractivity contribution in [3.63, 3.8) is 0 Å². The molecule has 12 rings (SSSR count). The van der Waals surface area contributed by atoms with Crippen LogP contribution in [0.2, 0.25) is 0 Å². The van der Waals surface area contributed by atoms with Crippen LogP contribution in [0.4, 0.5) is 0 Å². The Kier molecular flexibility index (Phi) is 19.9. The third-order valence-electron chi connectivity index (χ3n) is 11.2. The standard InChI is InChI=1S/C28H28O6.C10H12O.2C9H10O2.C4H10/c1-2-4-27(34-18-25-17-33-25)26(3-1)28(19-5-9-21(10-6-19)29-13-23-15-31-23)20-7-11-22(12-8-20)30-14-24-16-32-24;1-2-4-10(5-3-1)11-8-9-6-7-9;2*1-2-4-8(5-3-1)10-6-9-7-11-9;1-4(2)3/h1-12,23-25,28H,13-18H2;1-5,9H,6-8H2;2*1-5,9H,6-7H2;4H,1-3H3. The second-order valence-electron chi connectivity index (χ2n) is 18.9. The first-order valence-electron chi connectivity index (χ1n) is 25.2. The van der Waals surface area contributed by atoms with E-state index in [2.05, 4.69) is 57.2 Å². The van der Waals surface area contributed by atoms with Crippen molar-refractivity contribution in [2.45, 2.75) is 70.1 Å². The molecular formula is C60H70O11. The van der Waals surface area contributed by atoms with Gasteiger partial charge in [-0.3, -0.25) is 0 Å². The Morgan fingerprint density at radius 3 is 0.958 bits per heavy atom. The van der Waals surface area contributed by atoms with Crippen LogP contribution in [0.15, 0.2) is 164 Å². The molecule has 6 aromatic carbocycles. The molecule has 6 aromatic rings. The van der Waals surface area contributed by atoms with Gasteiger partial charge < -0.3 is 52.1 Å². The molecule has 5 unspecified atom stereocenters. The third-order valence-corrected chi connectivity index (χ3v) is 11.2. The van der Waals surface area contributed by atoms with E-state index in [0.717, 1.165) is 103 Å². The zero-order chi connectivity index (χ0) is 48.9. The van der Waals surface area contributed by atoms with E-state index in [9.17, 15) is 0 Å². The predicted molar refractivity (Wildman–Crippen MR) is 275 cm³/mol. The highest BCUT2D eigenvalue weighted by Gasteiger charge is 2.28. The summed E-state index contributed by atoms with van der Waals surface area (Å²) in [5, 5.41) is 0. The van der Waals surface area contributed by atoms with Crippen LogP contribution in [-0.2, 0) is 23.7 Å². The van der Waals surface area contributed by atoms with Gasteiger partial charge in [0, 0.05) is 11.5 Å². The minimum absolute atomic E-state index is 0.00190. The molecule has 0 bridgehead atoms. The monoisotopic (exact) mass is 966 g/mol. The molecule has 11 heteroatoms. The van der Waals surface area contributed by atoms with Crippen molar-refractivity contribution in [2.24, 2.45) is 11.8 Å². The van der Waals surface area contributed by atoms with Crippen LogP contribution >= 0.6 is 0 Å². The Bertz CT molecular complexity index is 2180. The summed E-state index contributed by atoms with van der Waals surface area (Å²) in [7, 11) is 0. The number of benzene rings is 6. The fourth-order valence-electron chi connectivity index (χ4n) is 6.72. The van der Waals surface area contributed by atoms with Gasteiger partial charge in [-0.05, 0) is 103 Å². The minimum atomic E-state index is -0.00190. The van der Waals surface area contributed by atoms with Crippen molar-refractivity contribution in [3.05, 3.63) is 180 Å². The maximum absolute atomic E-state index is 6.17. The van der Waals surface area contributed by atoms with Gasteiger partial charge in [0.2, 0.25) is 0 Å². The molecule has 6 fully saturated rings. The minimum Gasteiger partial charge on any atom is -0.493 e. The van der Waals surface area contributed by atoms with Gasteiger partial charge in [-0.1, -0.05) is 118 Å². The first kappa shape index (κ1) is 51.3. The summed E-state index contributed by atoms with van der Waals surface area (Å²) in [5.74, 6) is 7.08. The number of rotatable bonds is 21. The van der Waals surface area contributed by atoms with Gasteiger partial charge in [-0.2, -0.15) is 0 Å². The second-order valence-corrected chi connectivity index (χ2v) is 18.9. The van der Waals surface area contributed by atoms with Gasteiger partial charge in [-0.25, -0.2) is 0 Å². The molecule has 5 heterocycles. The fraction of sp³-hybridized carbons (Fsp3) is 0.400. The zero-order valence-corrected chi connectivity index (χ0v) is 41.4. The van der Waals surface area contributed by atoms with E-state index in [1.807, 2.05) is 127 Å². The molecule has 5 atom stereocenters. The topological polar surface area (TPSA) is 118 Å². The lowest BCUT2D eigenvalue weighted by molar-refractivity contribution is 0.260. The molecule has 5 aliphatic heterocycles. The Hall–Kier alpha value is -6.08. The largest absolute Gasteiger partial charge is 0.493 e. The van der Waals surface area contributed by atoms with Crippen LogP contribution in [0.5, 0.6) is 34.5 Å². The molecule has 0 radical (unpaired) electrons. The quantitative estimate of drug-likeness (QED) is 0.0507. The molecule has 0 spiro atoms. The van der Waals surface area contributed by atoms with Crippen LogP contribution in [0.25, 0.3) is 0 Å². The van der Waals surface area contributed by atoms with Crippen LogP contribution in [0.3, 0.4) is 0 Å². The first-order chi connectivity index (χ1) is 34.9. The molecular weight excluding hydrogens is 897 g/mol. The van der Waals surface area contributed by atoms with Crippen LogP contribution in [0, 0.1) is 11.8 Å². The molecule has 1 saturated carbocycles. The second kappa shape index (κ2) is 27.5. The van der Waals surface area contributed by atoms with E-state index < -0.39 is 0 Å². The maximum atomic E-state index is 6.17. The lowest BCUT2D eigenvalue weighted by Crippen LogP contribution is -2.10. The summed E-state index contributed by atoms with van der Waals surface area (Å²) >= 11 is 0. The highest BCUT2D eigenvalue weighted by Crippen LogP contribution is 2.39. The fourth-order valence-corrected chi connectivity index (χ4v) is 6.72. The van der Waals surface area contributed by atoms with Crippen LogP contribution in [-0.4, -0.2) is 103 Å². The molecule has 11 nitrogen and oxygen atoms in total. The van der Waals surface area contributed by atoms with Gasteiger partial charge in [0.05, 0.1) is 39.6 Å². The van der Waals surface area contributed by atoms with Crippen molar-refractivity contribution >= 4 is 0 Å². The average Bonchev–Trinajstić information content (AvgIpc) is 4.18. The van der Waals surface area contributed by atoms with Gasteiger partial charge in [-0.15, -0.1) is 0 Å². The van der Waals surface area contributed by atoms with Gasteiger partial charge in [0.15, 0.2) is 0 Å². The summed E-state index contributed by atoms with van der Waals surface area (Å²) in [4.78, 5) is 0. The molecule has 71 heavy (non-hydrogen) atoms. The van der Waals surface area contributed by atoms with E-state index in [1.54, 1.807) is 0 Å². The van der Waals surface area contributed by atoms with E-state index in [0.29, 0.717) is 45.2 Å². The summed E-state index contributed by atoms with van der Waals surface area (Å²) in [6, 6.07) is 54.5. The van der Waals surface area contributed by atoms with E-state index in [4.69, 9.17) is 52.1 Å². The highest BCUT2D eigenvalue weighted by atomic mass is 16.6. The summed E-state index contributed by atoms with van der Waals surface area (Å²) < 4.78 is 60.1. The van der Waals surface area contributed by atoms with Gasteiger partial charge in [0.25, 0.3) is 0 Å². The van der Waals surface area contributed by atoms with Crippen molar-refractivity contribution in [1.29, 1.82) is 0 Å². The third kappa shape index (κ3) is 20.7. The lowest BCUT2D eigenvalue weighted by atomic mass is 9.84. The van der Waals surface area contributed by atoms with Crippen LogP contribution in [0.1, 0.15) is 56.2 Å². The van der Waals surface area contributed by atoms with Gasteiger partial charge in [0.1, 0.15) is 98.1 Å². The zero-order valence-electron chi connectivity index (χ0n) is 41.4. The first-order valence-corrected chi connectivity index (χ1v) is 25.2. The molecule has 1 aliphatic carbocycles. The van der Waals surface area contributed by atoms with Crippen molar-refractivity contribution in [3.8, 4) is 34.5 Å². The number of epoxide rings is 5. The van der Waals surface area contributed by atoms with Gasteiger partial charge >= 0.3 is 0 Å². The lowest BCUT2D eigenvalue weighted by Gasteiger charge is -2.22. The molecule has 376 valence electrons. The molecule has 6 aliphatic rings. The van der Waals surface area contributed by atoms with Crippen molar-refractivity contribution < 1.29 is 52.1 Å². The summed E-state index contributed by atoms with van der Waals surface area (Å²) in [6.07, 6.45) is 4.06. The van der Waals surface area contributed by atoms with Crippen molar-refractivity contribution in [1.82, 2.24) is 0 Å². The number of hydrogen-bond donors (Lipinski definition) is 0. The Labute approximate surface area is 420 Å². The number of hydrogen-bond acceptors (Lipinski definition) is 11. The number of para-hydroxylation sites is 4. The molecule has 0 aromatic heterocycles. The van der Waals surface area contributed by atoms with E-state index in [1.165, 1.54) is 12.8 Å². The van der Waals surface area contributed by atoms with E-state index in [-0.39, 0.29) is 24.2 Å². The maximum Gasteiger partial charge on any atom is 0.123 e. The molecule has 0 amide bonds. The normalized spacial score (nSPS) is 20.7. The summed E-state index contributed by atoms with van der Waals surface area (Å²) in [5.41, 5.74) is 3.44. The highest BCUT2D eigenvalue weighted by molar-refractivity contribution is 5.50. The predicted octanol–water partition coefficient (Wildman–Crippen LogP) is 11.3. The smallest absolute Gasteiger partial charge is 0.123 e. The Morgan fingerprint density at radius 2 is 0.634 bits per heavy atom. The summed E-state index contributed by atoms with van der Waals surface area (Å²) in [6.45, 7) is 14.6. The van der Waals surface area contributed by atoms with E-state index >= 15 is 0 Å². The Balaban J connectivity index is 0.000000147. The Morgan fingerprint density at radius 1 is 0.352 bits per heavy atom. The molecule has 0 N–H and O–H groups in total. The van der Waals surface area contributed by atoms with Crippen LogP contribution < -0.4 is 28.4 Å². The number of ether oxygens (including phenoxy) is 11. The average molecular weight is 967 g/mol.